The molecule has 0 spiro atoms. The fourth-order valence-corrected chi connectivity index (χ4v) is 2.94. The number of nitrogens with one attached hydrogen (secondary N) is 2. The fraction of sp³-hybridized carbons (Fsp3) is 0.211. The first kappa shape index (κ1) is 16.7. The molecular weight excluding hydrogens is 318 g/mol. The molecule has 0 fully saturated rings. The summed E-state index contributed by atoms with van der Waals surface area (Å²) in [6, 6.07) is 14.5. The summed E-state index contributed by atoms with van der Waals surface area (Å²) in [6.45, 7) is 2.60. The number of carbonyl (C=O) groups excluding carboxylic acids is 1. The molecule has 0 saturated carbocycles. The van der Waals surface area contributed by atoms with Gasteiger partial charge >= 0.3 is 0 Å². The van der Waals surface area contributed by atoms with Crippen molar-refractivity contribution in [3.05, 3.63) is 76.0 Å². The Morgan fingerprint density at radius 3 is 2.68 bits per heavy atom. The van der Waals surface area contributed by atoms with Gasteiger partial charge in [0.25, 0.3) is 11.6 Å². The van der Waals surface area contributed by atoms with E-state index in [1.54, 1.807) is 12.3 Å². The zero-order chi connectivity index (χ0) is 17.8. The van der Waals surface area contributed by atoms with Gasteiger partial charge in [-0.3, -0.25) is 14.9 Å². The lowest BCUT2D eigenvalue weighted by atomic mass is 9.96. The summed E-state index contributed by atoms with van der Waals surface area (Å²) >= 11 is 0. The lowest BCUT2D eigenvalue weighted by molar-refractivity contribution is -0.384. The van der Waals surface area contributed by atoms with Crippen LogP contribution in [-0.4, -0.2) is 22.4 Å². The highest BCUT2D eigenvalue weighted by atomic mass is 16.6. The number of non-ortho nitro benzene ring substituents is 1. The summed E-state index contributed by atoms with van der Waals surface area (Å²) in [5, 5.41) is 14.5. The molecule has 25 heavy (non-hydrogen) atoms. The minimum atomic E-state index is -0.462. The van der Waals surface area contributed by atoms with E-state index in [1.165, 1.54) is 17.7 Å². The molecule has 2 aromatic carbocycles. The van der Waals surface area contributed by atoms with Gasteiger partial charge < -0.3 is 10.3 Å². The number of fused-ring (bicyclic) bond motifs is 1. The Balaban J connectivity index is 1.78. The van der Waals surface area contributed by atoms with Gasteiger partial charge in [0, 0.05) is 41.7 Å². The molecule has 1 atom stereocenters. The number of nitro groups is 1. The summed E-state index contributed by atoms with van der Waals surface area (Å²) < 4.78 is 0. The van der Waals surface area contributed by atoms with Crippen LogP contribution in [0.25, 0.3) is 10.9 Å². The van der Waals surface area contributed by atoms with Gasteiger partial charge in [0.1, 0.15) is 0 Å². The highest BCUT2D eigenvalue weighted by Gasteiger charge is 2.17. The molecule has 3 rings (SSSR count). The molecule has 0 aliphatic carbocycles. The summed E-state index contributed by atoms with van der Waals surface area (Å²) in [7, 11) is 0. The summed E-state index contributed by atoms with van der Waals surface area (Å²) in [6.07, 6.45) is 2.50. The zero-order valence-corrected chi connectivity index (χ0v) is 13.9. The van der Waals surface area contributed by atoms with Crippen molar-refractivity contribution in [1.82, 2.24) is 10.3 Å². The molecule has 2 N–H and O–H groups in total. The van der Waals surface area contributed by atoms with Crippen LogP contribution < -0.4 is 5.32 Å². The molecule has 0 radical (unpaired) electrons. The Bertz CT molecular complexity index is 903. The number of nitrogens with zero attached hydrogens (tertiary/aromatic N) is 1. The zero-order valence-electron chi connectivity index (χ0n) is 13.9. The smallest absolute Gasteiger partial charge is 0.270 e. The lowest BCUT2D eigenvalue weighted by Gasteiger charge is -2.16. The Morgan fingerprint density at radius 1 is 1.24 bits per heavy atom. The van der Waals surface area contributed by atoms with Crippen LogP contribution in [0.3, 0.4) is 0 Å². The van der Waals surface area contributed by atoms with E-state index in [1.807, 2.05) is 18.2 Å². The van der Waals surface area contributed by atoms with E-state index >= 15 is 0 Å². The molecular formula is C19H19N3O3. The van der Waals surface area contributed by atoms with E-state index in [0.29, 0.717) is 23.0 Å². The van der Waals surface area contributed by atoms with E-state index in [-0.39, 0.29) is 17.5 Å². The van der Waals surface area contributed by atoms with Gasteiger partial charge in [-0.05, 0) is 18.1 Å². The van der Waals surface area contributed by atoms with Gasteiger partial charge in [-0.25, -0.2) is 0 Å². The maximum absolute atomic E-state index is 12.6. The monoisotopic (exact) mass is 337 g/mol. The van der Waals surface area contributed by atoms with Crippen LogP contribution in [0.1, 0.15) is 35.2 Å². The number of amides is 1. The third-order valence-electron chi connectivity index (χ3n) is 4.39. The van der Waals surface area contributed by atoms with Gasteiger partial charge in [0.05, 0.1) is 10.5 Å². The molecule has 1 unspecified atom stereocenters. The number of H-pyrrole nitrogens is 1. The number of hydrogen-bond donors (Lipinski definition) is 2. The number of hydrogen-bond acceptors (Lipinski definition) is 3. The summed E-state index contributed by atoms with van der Waals surface area (Å²) in [5.74, 6) is -0.00850. The van der Waals surface area contributed by atoms with Gasteiger partial charge in [-0.2, -0.15) is 0 Å². The number of nitro benzene ring substituents is 1. The first-order valence-corrected chi connectivity index (χ1v) is 8.18. The van der Waals surface area contributed by atoms with Crippen LogP contribution in [0.4, 0.5) is 5.69 Å². The average Bonchev–Trinajstić information content (AvgIpc) is 3.06. The molecule has 1 amide bonds. The van der Waals surface area contributed by atoms with Crippen LogP contribution in [-0.2, 0) is 0 Å². The topological polar surface area (TPSA) is 88.0 Å². The fourth-order valence-electron chi connectivity index (χ4n) is 2.94. The predicted molar refractivity (Wildman–Crippen MR) is 96.8 cm³/mol. The number of aromatic nitrogens is 1. The number of benzene rings is 2. The normalized spacial score (nSPS) is 12.0. The van der Waals surface area contributed by atoms with Crippen molar-refractivity contribution in [3.8, 4) is 0 Å². The number of carbonyl (C=O) groups is 1. The third kappa shape index (κ3) is 3.52. The van der Waals surface area contributed by atoms with Crippen LogP contribution in [0, 0.1) is 10.1 Å². The summed E-state index contributed by atoms with van der Waals surface area (Å²) in [5.41, 5.74) is 2.27. The van der Waals surface area contributed by atoms with Crippen LogP contribution >= 0.6 is 0 Å². The van der Waals surface area contributed by atoms with Gasteiger partial charge in [-0.1, -0.05) is 37.3 Å². The molecule has 1 heterocycles. The molecule has 128 valence electrons. The Morgan fingerprint density at radius 2 is 2.00 bits per heavy atom. The highest BCUT2D eigenvalue weighted by Crippen LogP contribution is 2.24. The van der Waals surface area contributed by atoms with E-state index in [0.717, 1.165) is 6.42 Å². The minimum absolute atomic E-state index is 0.0307. The van der Waals surface area contributed by atoms with Crippen molar-refractivity contribution in [1.29, 1.82) is 0 Å². The Hall–Kier alpha value is -3.15. The first-order chi connectivity index (χ1) is 12.1. The van der Waals surface area contributed by atoms with E-state index in [2.05, 4.69) is 29.4 Å². The molecule has 6 nitrogen and oxygen atoms in total. The van der Waals surface area contributed by atoms with Gasteiger partial charge in [0.15, 0.2) is 0 Å². The quantitative estimate of drug-likeness (QED) is 0.526. The average molecular weight is 337 g/mol. The van der Waals surface area contributed by atoms with Crippen molar-refractivity contribution in [3.63, 3.8) is 0 Å². The predicted octanol–water partition coefficient (Wildman–Crippen LogP) is 4.00. The van der Waals surface area contributed by atoms with Crippen LogP contribution in [0.15, 0.2) is 54.7 Å². The van der Waals surface area contributed by atoms with Crippen LogP contribution in [0.2, 0.25) is 0 Å². The SMILES string of the molecule is CCC(CNC(=O)c1c[nH]c2ccc([N+](=O)[O-])cc12)c1ccccc1. The second-order valence-electron chi connectivity index (χ2n) is 5.92. The maximum Gasteiger partial charge on any atom is 0.270 e. The van der Waals surface area contributed by atoms with Crippen molar-refractivity contribution in [2.45, 2.75) is 19.3 Å². The largest absolute Gasteiger partial charge is 0.360 e. The Labute approximate surface area is 145 Å². The molecule has 0 bridgehead atoms. The standard InChI is InChI=1S/C19H19N3O3/c1-2-13(14-6-4-3-5-7-14)11-21-19(23)17-12-20-18-9-8-15(22(24)25)10-16(17)18/h3-10,12-13,20H,2,11H2,1H3,(H,21,23). The first-order valence-electron chi connectivity index (χ1n) is 8.18. The highest BCUT2D eigenvalue weighted by molar-refractivity contribution is 6.07. The van der Waals surface area contributed by atoms with E-state index < -0.39 is 4.92 Å². The minimum Gasteiger partial charge on any atom is -0.360 e. The number of aromatic amines is 1. The maximum atomic E-state index is 12.6. The molecule has 0 saturated heterocycles. The third-order valence-corrected chi connectivity index (χ3v) is 4.39. The van der Waals surface area contributed by atoms with Gasteiger partial charge in [-0.15, -0.1) is 0 Å². The van der Waals surface area contributed by atoms with E-state index in [4.69, 9.17) is 0 Å². The molecule has 6 heteroatoms. The molecule has 0 aliphatic heterocycles. The van der Waals surface area contributed by atoms with Crippen LogP contribution in [0.5, 0.6) is 0 Å². The van der Waals surface area contributed by atoms with Crippen molar-refractivity contribution in [2.24, 2.45) is 0 Å². The second kappa shape index (κ2) is 7.17. The van der Waals surface area contributed by atoms with Crippen molar-refractivity contribution in [2.75, 3.05) is 6.54 Å². The summed E-state index contributed by atoms with van der Waals surface area (Å²) in [4.78, 5) is 26.0. The lowest BCUT2D eigenvalue weighted by Crippen LogP contribution is -2.28. The molecule has 1 aromatic heterocycles. The number of rotatable bonds is 6. The van der Waals surface area contributed by atoms with Gasteiger partial charge in [0.2, 0.25) is 0 Å². The van der Waals surface area contributed by atoms with Crippen molar-refractivity contribution < 1.29 is 9.72 Å². The molecule has 3 aromatic rings. The molecule has 0 aliphatic rings. The second-order valence-corrected chi connectivity index (χ2v) is 5.92. The Kier molecular flexibility index (Phi) is 4.79. The van der Waals surface area contributed by atoms with Crippen molar-refractivity contribution >= 4 is 22.5 Å². The van der Waals surface area contributed by atoms with E-state index in [9.17, 15) is 14.9 Å².